The number of ketones is 1. The predicted molar refractivity (Wildman–Crippen MR) is 118 cm³/mol. The Labute approximate surface area is 188 Å². The number of rotatable bonds is 4. The maximum atomic E-state index is 13.3. The van der Waals surface area contributed by atoms with Gasteiger partial charge in [0.2, 0.25) is 12.1 Å². The highest BCUT2D eigenvalue weighted by atomic mass is 79.9. The summed E-state index contributed by atoms with van der Waals surface area (Å²) >= 11 is 3.26. The lowest BCUT2D eigenvalue weighted by atomic mass is 9.91. The van der Waals surface area contributed by atoms with Gasteiger partial charge in [0.1, 0.15) is 12.4 Å². The van der Waals surface area contributed by atoms with Crippen molar-refractivity contribution < 1.29 is 22.9 Å². The fraction of sp³-hybridized carbons (Fsp3) is 0.136. The Morgan fingerprint density at radius 2 is 1.71 bits per heavy atom. The number of carbonyl (C=O) groups excluding carboxylic acids is 1. The minimum Gasteiger partial charge on any atom is -0.869 e. The number of allylic oxidation sites excluding steroid dienone is 1. The first-order valence-corrected chi connectivity index (χ1v) is 11.7. The molecule has 0 bridgehead atoms. The van der Waals surface area contributed by atoms with E-state index in [2.05, 4.69) is 20.3 Å². The monoisotopic (exact) mass is 499 g/mol. The van der Waals surface area contributed by atoms with Crippen molar-refractivity contribution in [3.63, 3.8) is 0 Å². The van der Waals surface area contributed by atoms with Gasteiger partial charge in [0.05, 0.1) is 10.9 Å². The largest absolute Gasteiger partial charge is 0.869 e. The zero-order valence-electron chi connectivity index (χ0n) is 16.7. The fourth-order valence-electron chi connectivity index (χ4n) is 3.26. The third-order valence-corrected chi connectivity index (χ3v) is 6.72. The van der Waals surface area contributed by atoms with Crippen LogP contribution in [0.1, 0.15) is 35.8 Å². The third kappa shape index (κ3) is 3.86. The molecule has 2 aromatic carbocycles. The molecule has 0 atom stereocenters. The lowest BCUT2D eigenvalue weighted by Gasteiger charge is -2.24. The molecule has 1 heterocycles. The first kappa shape index (κ1) is 21.2. The standard InChI is InChI=1S/C22H18BrN3O4S/c1-14(2)25-11-12-26(13-25)20-19(21(27)17-5-3-4-6-18(17)22(20)28)24-31(29,30)16-9-7-15(23)8-10-16/h3-14H,1-2H3. The smallest absolute Gasteiger partial charge is 0.283 e. The Bertz CT molecular complexity index is 1350. The summed E-state index contributed by atoms with van der Waals surface area (Å²) in [5.74, 6) is -1.08. The lowest BCUT2D eigenvalue weighted by Crippen LogP contribution is -2.34. The number of sulfonamides is 1. The first-order chi connectivity index (χ1) is 14.7. The van der Waals surface area contributed by atoms with Crippen LogP contribution in [0.5, 0.6) is 0 Å². The highest BCUT2D eigenvalue weighted by Crippen LogP contribution is 2.30. The number of imidazole rings is 1. The molecule has 0 amide bonds. The molecule has 0 radical (unpaired) electrons. The maximum Gasteiger partial charge on any atom is 0.283 e. The number of benzene rings is 2. The number of hydrogen-bond acceptors (Lipinski definition) is 4. The van der Waals surface area contributed by atoms with E-state index in [9.17, 15) is 18.3 Å². The molecule has 1 aliphatic carbocycles. The Morgan fingerprint density at radius 3 is 2.32 bits per heavy atom. The highest BCUT2D eigenvalue weighted by Gasteiger charge is 2.33. The summed E-state index contributed by atoms with van der Waals surface area (Å²) in [5.41, 5.74) is -0.154. The molecule has 0 N–H and O–H groups in total. The second-order valence-corrected chi connectivity index (χ2v) is 9.80. The van der Waals surface area contributed by atoms with Crippen molar-refractivity contribution in [2.45, 2.75) is 24.8 Å². The zero-order chi connectivity index (χ0) is 22.3. The minimum atomic E-state index is -4.23. The van der Waals surface area contributed by atoms with E-state index in [1.54, 1.807) is 49.1 Å². The van der Waals surface area contributed by atoms with Crippen molar-refractivity contribution in [2.75, 3.05) is 0 Å². The Morgan fingerprint density at radius 1 is 1.06 bits per heavy atom. The third-order valence-electron chi connectivity index (χ3n) is 4.91. The molecule has 1 aliphatic rings. The number of nitrogens with zero attached hydrogens (tertiary/aromatic N) is 3. The molecule has 3 aromatic rings. The molecule has 0 unspecified atom stereocenters. The van der Waals surface area contributed by atoms with Gasteiger partial charge in [-0.2, -0.15) is 12.8 Å². The van der Waals surface area contributed by atoms with Crippen molar-refractivity contribution in [1.82, 2.24) is 4.57 Å². The van der Waals surface area contributed by atoms with Crippen LogP contribution in [0.2, 0.25) is 0 Å². The molecule has 158 valence electrons. The number of aromatic nitrogens is 2. The fourth-order valence-corrected chi connectivity index (χ4v) is 4.52. The number of carbonyl (C=O) groups is 1. The Kier molecular flexibility index (Phi) is 5.40. The van der Waals surface area contributed by atoms with Crippen LogP contribution in [-0.2, 0) is 10.0 Å². The molecular weight excluding hydrogens is 482 g/mol. The summed E-state index contributed by atoms with van der Waals surface area (Å²) in [4.78, 5) is 13.2. The van der Waals surface area contributed by atoms with Crippen molar-refractivity contribution in [3.05, 3.63) is 82.9 Å². The Hall–Kier alpha value is -3.04. The van der Waals surface area contributed by atoms with Gasteiger partial charge in [-0.3, -0.25) is 4.79 Å². The Balaban J connectivity index is 1.96. The maximum absolute atomic E-state index is 13.3. The van der Waals surface area contributed by atoms with Gasteiger partial charge in [0, 0.05) is 10.0 Å². The molecule has 0 fully saturated rings. The van der Waals surface area contributed by atoms with Crippen LogP contribution >= 0.6 is 15.9 Å². The van der Waals surface area contributed by atoms with Crippen molar-refractivity contribution in [2.24, 2.45) is 4.40 Å². The molecule has 0 saturated carbocycles. The molecule has 1 aromatic heterocycles. The van der Waals surface area contributed by atoms with Crippen LogP contribution in [-0.4, -0.2) is 24.5 Å². The van der Waals surface area contributed by atoms with Crippen molar-refractivity contribution >= 4 is 48.9 Å². The molecule has 4 rings (SSSR count). The molecule has 9 heteroatoms. The summed E-state index contributed by atoms with van der Waals surface area (Å²) in [7, 11) is -4.23. The molecule has 0 aliphatic heterocycles. The van der Waals surface area contributed by atoms with Crippen LogP contribution in [0.4, 0.5) is 0 Å². The van der Waals surface area contributed by atoms with E-state index in [0.29, 0.717) is 4.47 Å². The van der Waals surface area contributed by atoms with E-state index in [0.717, 1.165) is 0 Å². The number of hydrogen-bond donors (Lipinski definition) is 0. The van der Waals surface area contributed by atoms with Gasteiger partial charge < -0.3 is 5.11 Å². The van der Waals surface area contributed by atoms with Crippen molar-refractivity contribution in [1.29, 1.82) is 0 Å². The topological polar surface area (TPSA) is 95.4 Å². The summed E-state index contributed by atoms with van der Waals surface area (Å²) in [6, 6.07) is 12.3. The summed E-state index contributed by atoms with van der Waals surface area (Å²) in [6.07, 6.45) is 4.99. The van der Waals surface area contributed by atoms with Crippen LogP contribution in [0.3, 0.4) is 0 Å². The van der Waals surface area contributed by atoms with Gasteiger partial charge in [-0.05, 0) is 49.4 Å². The summed E-state index contributed by atoms with van der Waals surface area (Å²) in [5, 5.41) is 13.3. The van der Waals surface area contributed by atoms with Gasteiger partial charge >= 0.3 is 0 Å². The number of fused-ring (bicyclic) bond motifs is 1. The van der Waals surface area contributed by atoms with Crippen LogP contribution in [0.15, 0.2) is 81.0 Å². The molecule has 0 saturated heterocycles. The highest BCUT2D eigenvalue weighted by molar-refractivity contribution is 9.10. The van der Waals surface area contributed by atoms with Gasteiger partial charge in [0.15, 0.2) is 11.4 Å². The second-order valence-electron chi connectivity index (χ2n) is 7.28. The van der Waals surface area contributed by atoms with E-state index >= 15 is 0 Å². The van der Waals surface area contributed by atoms with E-state index in [4.69, 9.17) is 0 Å². The average Bonchev–Trinajstić information content (AvgIpc) is 3.22. The first-order valence-electron chi connectivity index (χ1n) is 9.44. The van der Waals surface area contributed by atoms with Crippen LogP contribution < -0.4 is 9.67 Å². The predicted octanol–water partition coefficient (Wildman–Crippen LogP) is 2.83. The normalized spacial score (nSPS) is 15.6. The minimum absolute atomic E-state index is 0.0774. The van der Waals surface area contributed by atoms with Gasteiger partial charge in [-0.15, -0.1) is 0 Å². The van der Waals surface area contributed by atoms with Crippen LogP contribution in [0, 0.1) is 0 Å². The molecular formula is C22H18BrN3O4S. The average molecular weight is 500 g/mol. The summed E-state index contributed by atoms with van der Waals surface area (Å²) < 4.78 is 33.8. The van der Waals surface area contributed by atoms with E-state index < -0.39 is 27.3 Å². The second kappa shape index (κ2) is 7.90. The van der Waals surface area contributed by atoms with Crippen molar-refractivity contribution in [3.8, 4) is 0 Å². The van der Waals surface area contributed by atoms with Crippen LogP contribution in [0.25, 0.3) is 11.5 Å². The zero-order valence-corrected chi connectivity index (χ0v) is 19.1. The molecule has 7 nitrogen and oxygen atoms in total. The number of halogens is 1. The SMILES string of the molecule is CC(C)[n+]1ccn(C2=C([O-])c3ccccc3C(=O)/C2=N\S(=O)(=O)c2ccc(Br)cc2)c1. The van der Waals surface area contributed by atoms with E-state index in [1.165, 1.54) is 22.8 Å². The molecule has 0 spiro atoms. The van der Waals surface area contributed by atoms with Gasteiger partial charge in [-0.25, -0.2) is 9.13 Å². The lowest BCUT2D eigenvalue weighted by molar-refractivity contribution is -0.715. The van der Waals surface area contributed by atoms with E-state index in [-0.39, 0.29) is 27.8 Å². The van der Waals surface area contributed by atoms with E-state index in [1.807, 2.05) is 18.4 Å². The summed E-state index contributed by atoms with van der Waals surface area (Å²) in [6.45, 7) is 3.93. The quantitative estimate of drug-likeness (QED) is 0.515. The number of Topliss-reactive ketones (excluding diaryl/α,β-unsaturated/α-hetero) is 1. The van der Waals surface area contributed by atoms with Gasteiger partial charge in [0.25, 0.3) is 10.0 Å². The molecule has 31 heavy (non-hydrogen) atoms. The van der Waals surface area contributed by atoms with Gasteiger partial charge in [-0.1, -0.05) is 40.2 Å².